The Hall–Kier alpha value is -2.10. The molecule has 2 rings (SSSR count). The van der Waals surface area contributed by atoms with Crippen LogP contribution in [-0.2, 0) is 0 Å². The Labute approximate surface area is 100 Å². The van der Waals surface area contributed by atoms with E-state index in [1.54, 1.807) is 6.07 Å². The van der Waals surface area contributed by atoms with Gasteiger partial charge in [-0.1, -0.05) is 25.1 Å². The fraction of sp³-hybridized carbons (Fsp3) is 0.231. The molecule has 0 radical (unpaired) electrons. The van der Waals surface area contributed by atoms with Crippen LogP contribution in [0.2, 0.25) is 0 Å². The molecule has 0 aliphatic carbocycles. The maximum atomic E-state index is 5.57. The van der Waals surface area contributed by atoms with E-state index in [1.165, 1.54) is 6.33 Å². The molecule has 0 atom stereocenters. The van der Waals surface area contributed by atoms with Crippen molar-refractivity contribution in [3.63, 3.8) is 0 Å². The molecule has 0 aliphatic rings. The lowest BCUT2D eigenvalue weighted by Crippen LogP contribution is -1.98. The highest BCUT2D eigenvalue weighted by atomic mass is 16.5. The van der Waals surface area contributed by atoms with Crippen molar-refractivity contribution in [2.45, 2.75) is 13.3 Å². The SMILES string of the molecule is CCCOc1cc(Oc2ccccc2)ncn1. The Morgan fingerprint density at radius 3 is 2.59 bits per heavy atom. The van der Waals surface area contributed by atoms with Crippen LogP contribution in [0.4, 0.5) is 0 Å². The lowest BCUT2D eigenvalue weighted by atomic mass is 10.3. The van der Waals surface area contributed by atoms with Gasteiger partial charge in [0.2, 0.25) is 11.8 Å². The summed E-state index contributed by atoms with van der Waals surface area (Å²) < 4.78 is 11.0. The van der Waals surface area contributed by atoms with Crippen LogP contribution < -0.4 is 9.47 Å². The minimum absolute atomic E-state index is 0.484. The predicted molar refractivity (Wildman–Crippen MR) is 64.3 cm³/mol. The first-order valence-corrected chi connectivity index (χ1v) is 5.56. The van der Waals surface area contributed by atoms with E-state index in [0.717, 1.165) is 12.2 Å². The van der Waals surface area contributed by atoms with Crippen LogP contribution in [0.15, 0.2) is 42.7 Å². The van der Waals surface area contributed by atoms with Crippen LogP contribution in [0.25, 0.3) is 0 Å². The number of ether oxygens (including phenoxy) is 2. The van der Waals surface area contributed by atoms with Gasteiger partial charge in [0.15, 0.2) is 0 Å². The smallest absolute Gasteiger partial charge is 0.226 e. The van der Waals surface area contributed by atoms with E-state index < -0.39 is 0 Å². The zero-order valence-electron chi connectivity index (χ0n) is 9.67. The molecule has 4 heteroatoms. The first-order valence-electron chi connectivity index (χ1n) is 5.56. The summed E-state index contributed by atoms with van der Waals surface area (Å²) in [6.07, 6.45) is 2.38. The van der Waals surface area contributed by atoms with Gasteiger partial charge in [0, 0.05) is 0 Å². The average molecular weight is 230 g/mol. The number of nitrogens with zero attached hydrogens (tertiary/aromatic N) is 2. The van der Waals surface area contributed by atoms with E-state index in [2.05, 4.69) is 9.97 Å². The normalized spacial score (nSPS) is 9.94. The van der Waals surface area contributed by atoms with Crippen molar-refractivity contribution in [3.05, 3.63) is 42.7 Å². The summed E-state index contributed by atoms with van der Waals surface area (Å²) >= 11 is 0. The average Bonchev–Trinajstić information content (AvgIpc) is 2.38. The molecular weight excluding hydrogens is 216 g/mol. The van der Waals surface area contributed by atoms with Crippen molar-refractivity contribution in [3.8, 4) is 17.5 Å². The molecule has 0 amide bonds. The van der Waals surface area contributed by atoms with Crippen LogP contribution in [0.1, 0.15) is 13.3 Å². The minimum atomic E-state index is 0.484. The van der Waals surface area contributed by atoms with Crippen molar-refractivity contribution in [2.75, 3.05) is 6.61 Å². The maximum absolute atomic E-state index is 5.57. The highest BCUT2D eigenvalue weighted by Gasteiger charge is 2.01. The van der Waals surface area contributed by atoms with Crippen LogP contribution in [0.5, 0.6) is 17.5 Å². The molecule has 2 aromatic rings. The quantitative estimate of drug-likeness (QED) is 0.791. The molecule has 88 valence electrons. The number of aromatic nitrogens is 2. The highest BCUT2D eigenvalue weighted by molar-refractivity contribution is 5.28. The lowest BCUT2D eigenvalue weighted by molar-refractivity contribution is 0.302. The van der Waals surface area contributed by atoms with Gasteiger partial charge in [-0.25, -0.2) is 9.97 Å². The molecule has 0 bridgehead atoms. The number of para-hydroxylation sites is 1. The van der Waals surface area contributed by atoms with Gasteiger partial charge in [0.05, 0.1) is 12.7 Å². The molecule has 4 nitrogen and oxygen atoms in total. The van der Waals surface area contributed by atoms with Crippen molar-refractivity contribution < 1.29 is 9.47 Å². The molecule has 1 aromatic carbocycles. The Balaban J connectivity index is 2.06. The van der Waals surface area contributed by atoms with E-state index in [1.807, 2.05) is 37.3 Å². The summed E-state index contributed by atoms with van der Waals surface area (Å²) in [5.41, 5.74) is 0. The van der Waals surface area contributed by atoms with Gasteiger partial charge >= 0.3 is 0 Å². The molecular formula is C13H14N2O2. The summed E-state index contributed by atoms with van der Waals surface area (Å²) in [6, 6.07) is 11.2. The first-order chi connectivity index (χ1) is 8.38. The van der Waals surface area contributed by atoms with Gasteiger partial charge in [-0.3, -0.25) is 0 Å². The van der Waals surface area contributed by atoms with Crippen LogP contribution >= 0.6 is 0 Å². The third-order valence-electron chi connectivity index (χ3n) is 2.04. The van der Waals surface area contributed by atoms with Gasteiger partial charge in [-0.05, 0) is 18.6 Å². The van der Waals surface area contributed by atoms with Crippen LogP contribution in [0, 0.1) is 0 Å². The first kappa shape index (κ1) is 11.4. The van der Waals surface area contributed by atoms with Crippen molar-refractivity contribution in [1.82, 2.24) is 9.97 Å². The van der Waals surface area contributed by atoms with E-state index in [4.69, 9.17) is 9.47 Å². The Morgan fingerprint density at radius 2 is 1.82 bits per heavy atom. The van der Waals surface area contributed by atoms with Crippen molar-refractivity contribution in [1.29, 1.82) is 0 Å². The Bertz CT molecular complexity index is 460. The number of rotatable bonds is 5. The van der Waals surface area contributed by atoms with Gasteiger partial charge in [0.1, 0.15) is 12.1 Å². The van der Waals surface area contributed by atoms with E-state index in [-0.39, 0.29) is 0 Å². The molecule has 1 aromatic heterocycles. The third kappa shape index (κ3) is 3.45. The lowest BCUT2D eigenvalue weighted by Gasteiger charge is -2.06. The largest absolute Gasteiger partial charge is 0.477 e. The number of hydrogen-bond donors (Lipinski definition) is 0. The highest BCUT2D eigenvalue weighted by Crippen LogP contribution is 2.20. The molecule has 0 saturated carbocycles. The summed E-state index contributed by atoms with van der Waals surface area (Å²) in [6.45, 7) is 2.68. The summed E-state index contributed by atoms with van der Waals surface area (Å²) in [5.74, 6) is 1.76. The number of hydrogen-bond acceptors (Lipinski definition) is 4. The standard InChI is InChI=1S/C13H14N2O2/c1-2-8-16-12-9-13(15-10-14-12)17-11-6-4-3-5-7-11/h3-7,9-10H,2,8H2,1H3. The van der Waals surface area contributed by atoms with Gasteiger partial charge in [0.25, 0.3) is 0 Å². The second-order valence-electron chi connectivity index (χ2n) is 3.46. The van der Waals surface area contributed by atoms with Crippen LogP contribution in [0.3, 0.4) is 0 Å². The summed E-state index contributed by atoms with van der Waals surface area (Å²) in [7, 11) is 0. The third-order valence-corrected chi connectivity index (χ3v) is 2.04. The van der Waals surface area contributed by atoms with Gasteiger partial charge in [-0.2, -0.15) is 0 Å². The number of benzene rings is 1. The molecule has 0 N–H and O–H groups in total. The fourth-order valence-corrected chi connectivity index (χ4v) is 1.27. The van der Waals surface area contributed by atoms with Gasteiger partial charge in [-0.15, -0.1) is 0 Å². The molecule has 0 spiro atoms. The molecule has 0 saturated heterocycles. The minimum Gasteiger partial charge on any atom is -0.477 e. The zero-order chi connectivity index (χ0) is 11.9. The molecule has 0 fully saturated rings. The molecule has 0 aliphatic heterocycles. The van der Waals surface area contributed by atoms with E-state index in [0.29, 0.717) is 18.4 Å². The second kappa shape index (κ2) is 5.84. The molecule has 1 heterocycles. The topological polar surface area (TPSA) is 44.2 Å². The monoisotopic (exact) mass is 230 g/mol. The summed E-state index contributed by atoms with van der Waals surface area (Å²) in [4.78, 5) is 8.03. The predicted octanol–water partition coefficient (Wildman–Crippen LogP) is 3.06. The van der Waals surface area contributed by atoms with Crippen LogP contribution in [-0.4, -0.2) is 16.6 Å². The second-order valence-corrected chi connectivity index (χ2v) is 3.46. The molecule has 0 unspecified atom stereocenters. The van der Waals surface area contributed by atoms with E-state index in [9.17, 15) is 0 Å². The van der Waals surface area contributed by atoms with Crippen molar-refractivity contribution >= 4 is 0 Å². The summed E-state index contributed by atoms with van der Waals surface area (Å²) in [5, 5.41) is 0. The Morgan fingerprint density at radius 1 is 1.06 bits per heavy atom. The maximum Gasteiger partial charge on any atom is 0.226 e. The molecule has 17 heavy (non-hydrogen) atoms. The zero-order valence-corrected chi connectivity index (χ0v) is 9.67. The van der Waals surface area contributed by atoms with Gasteiger partial charge < -0.3 is 9.47 Å². The van der Waals surface area contributed by atoms with Crippen molar-refractivity contribution in [2.24, 2.45) is 0 Å². The van der Waals surface area contributed by atoms with E-state index >= 15 is 0 Å². The fourth-order valence-electron chi connectivity index (χ4n) is 1.27. The Kier molecular flexibility index (Phi) is 3.91.